The summed E-state index contributed by atoms with van der Waals surface area (Å²) in [7, 11) is -3.79. The Morgan fingerprint density at radius 1 is 0.667 bits per heavy atom. The molecule has 4 aliphatic carbocycles. The van der Waals surface area contributed by atoms with Gasteiger partial charge < -0.3 is 9.05 Å². The number of para-hydroxylation sites is 2. The maximum Gasteiger partial charge on any atom is 0.587 e. The van der Waals surface area contributed by atoms with Crippen LogP contribution >= 0.6 is 7.82 Å². The second kappa shape index (κ2) is 7.00. The van der Waals surface area contributed by atoms with Crippen molar-refractivity contribution in [2.75, 3.05) is 0 Å². The Labute approximate surface area is 160 Å². The van der Waals surface area contributed by atoms with E-state index in [1.54, 1.807) is 24.3 Å². The topological polar surface area (TPSA) is 44.8 Å². The van der Waals surface area contributed by atoms with Gasteiger partial charge in [0.1, 0.15) is 11.5 Å². The van der Waals surface area contributed by atoms with Crippen LogP contribution < -0.4 is 9.05 Å². The van der Waals surface area contributed by atoms with Crippen LogP contribution in [0.25, 0.3) is 0 Å². The third-order valence-corrected chi connectivity index (χ3v) is 7.68. The van der Waals surface area contributed by atoms with E-state index in [2.05, 4.69) is 0 Å². The van der Waals surface area contributed by atoms with E-state index in [9.17, 15) is 4.57 Å². The maximum atomic E-state index is 13.7. The van der Waals surface area contributed by atoms with E-state index in [-0.39, 0.29) is 6.10 Å². The van der Waals surface area contributed by atoms with E-state index < -0.39 is 7.82 Å². The smallest absolute Gasteiger partial charge is 0.395 e. The van der Waals surface area contributed by atoms with Crippen molar-refractivity contribution in [2.45, 2.75) is 38.2 Å². The molecule has 0 aliphatic heterocycles. The highest BCUT2D eigenvalue weighted by Crippen LogP contribution is 2.60. The molecule has 2 aromatic carbocycles. The number of phosphoric ester groups is 1. The van der Waals surface area contributed by atoms with Crippen molar-refractivity contribution in [3.8, 4) is 11.5 Å². The summed E-state index contributed by atoms with van der Waals surface area (Å²) in [5.41, 5.74) is 0. The van der Waals surface area contributed by atoms with Crippen LogP contribution in [-0.4, -0.2) is 6.10 Å². The molecule has 5 heteroatoms. The number of phosphoric acid groups is 1. The fraction of sp³-hybridized carbons (Fsp3) is 0.455. The average molecular weight is 384 g/mol. The van der Waals surface area contributed by atoms with Crippen molar-refractivity contribution in [3.05, 3.63) is 60.7 Å². The van der Waals surface area contributed by atoms with Crippen LogP contribution in [0.5, 0.6) is 11.5 Å². The molecule has 4 bridgehead atoms. The molecule has 0 N–H and O–H groups in total. The average Bonchev–Trinajstić information content (AvgIpc) is 2.66. The Balaban J connectivity index is 1.40. The lowest BCUT2D eigenvalue weighted by molar-refractivity contribution is -0.0862. The zero-order chi connectivity index (χ0) is 18.3. The highest BCUT2D eigenvalue weighted by Gasteiger charge is 2.52. The van der Waals surface area contributed by atoms with Crippen LogP contribution in [0.2, 0.25) is 0 Å². The minimum absolute atomic E-state index is 0.0314. The molecule has 0 radical (unpaired) electrons. The Morgan fingerprint density at radius 3 is 1.56 bits per heavy atom. The molecule has 0 heterocycles. The van der Waals surface area contributed by atoms with E-state index in [1.807, 2.05) is 36.4 Å². The number of rotatable bonds is 6. The van der Waals surface area contributed by atoms with Crippen molar-refractivity contribution < 1.29 is 18.1 Å². The highest BCUT2D eigenvalue weighted by atomic mass is 31.2. The van der Waals surface area contributed by atoms with Crippen LogP contribution in [0, 0.1) is 23.7 Å². The quantitative estimate of drug-likeness (QED) is 0.565. The SMILES string of the molecule is O=P(Oc1ccccc1)(Oc1ccccc1)OC1C2CC3CC(C2)CC1C3. The standard InChI is InChI=1S/C22H25O4P/c23-27(24-20-7-3-1-4-8-20,25-21-9-5-2-6-10-21)26-22-18-12-16-11-17(14-18)15-19(22)13-16/h1-10,16-19,22H,11-15H2. The summed E-state index contributed by atoms with van der Waals surface area (Å²) in [6, 6.07) is 18.3. The number of hydrogen-bond donors (Lipinski definition) is 0. The molecule has 0 atom stereocenters. The maximum absolute atomic E-state index is 13.7. The molecule has 6 rings (SSSR count). The van der Waals surface area contributed by atoms with Crippen molar-refractivity contribution in [2.24, 2.45) is 23.7 Å². The molecule has 4 fully saturated rings. The van der Waals surface area contributed by atoms with Gasteiger partial charge in [-0.25, -0.2) is 4.57 Å². The van der Waals surface area contributed by atoms with E-state index in [1.165, 1.54) is 32.1 Å². The second-order valence-corrected chi connectivity index (χ2v) is 9.73. The van der Waals surface area contributed by atoms with Gasteiger partial charge in [-0.05, 0) is 80.0 Å². The first-order valence-corrected chi connectivity index (χ1v) is 11.4. The molecular weight excluding hydrogens is 359 g/mol. The molecule has 27 heavy (non-hydrogen) atoms. The molecule has 4 saturated carbocycles. The molecule has 4 nitrogen and oxygen atoms in total. The van der Waals surface area contributed by atoms with Gasteiger partial charge in [0.05, 0.1) is 6.10 Å². The van der Waals surface area contributed by atoms with Crippen LogP contribution in [0.15, 0.2) is 60.7 Å². The molecule has 0 amide bonds. The van der Waals surface area contributed by atoms with Crippen molar-refractivity contribution >= 4 is 7.82 Å². The predicted octanol–water partition coefficient (Wildman–Crippen LogP) is 6.09. The van der Waals surface area contributed by atoms with E-state index in [4.69, 9.17) is 13.6 Å². The molecule has 0 spiro atoms. The highest BCUT2D eigenvalue weighted by molar-refractivity contribution is 7.49. The fourth-order valence-corrected chi connectivity index (χ4v) is 7.00. The first-order valence-electron chi connectivity index (χ1n) is 9.94. The van der Waals surface area contributed by atoms with Gasteiger partial charge in [-0.1, -0.05) is 36.4 Å². The summed E-state index contributed by atoms with van der Waals surface area (Å²) in [4.78, 5) is 0. The monoisotopic (exact) mass is 384 g/mol. The molecule has 0 unspecified atom stereocenters. The third-order valence-electron chi connectivity index (χ3n) is 6.31. The Morgan fingerprint density at radius 2 is 1.11 bits per heavy atom. The van der Waals surface area contributed by atoms with Gasteiger partial charge >= 0.3 is 7.82 Å². The van der Waals surface area contributed by atoms with Gasteiger partial charge in [-0.3, -0.25) is 4.52 Å². The lowest BCUT2D eigenvalue weighted by atomic mass is 9.55. The first kappa shape index (κ1) is 17.3. The van der Waals surface area contributed by atoms with Crippen molar-refractivity contribution in [1.29, 1.82) is 0 Å². The van der Waals surface area contributed by atoms with Gasteiger partial charge in [-0.2, -0.15) is 0 Å². The van der Waals surface area contributed by atoms with Gasteiger partial charge in [0.2, 0.25) is 0 Å². The molecule has 4 aliphatic rings. The Bertz CT molecular complexity index is 749. The largest absolute Gasteiger partial charge is 0.587 e. The summed E-state index contributed by atoms with van der Waals surface area (Å²) in [5, 5.41) is 0. The summed E-state index contributed by atoms with van der Waals surface area (Å²) in [6.45, 7) is 0. The van der Waals surface area contributed by atoms with Crippen molar-refractivity contribution in [3.63, 3.8) is 0 Å². The summed E-state index contributed by atoms with van der Waals surface area (Å²) in [6.07, 6.45) is 6.10. The van der Waals surface area contributed by atoms with E-state index in [0.717, 1.165) is 11.8 Å². The Kier molecular flexibility index (Phi) is 4.49. The number of benzene rings is 2. The van der Waals surface area contributed by atoms with Gasteiger partial charge in [0, 0.05) is 0 Å². The second-order valence-electron chi connectivity index (χ2n) is 8.26. The van der Waals surface area contributed by atoms with E-state index in [0.29, 0.717) is 23.3 Å². The zero-order valence-electron chi connectivity index (χ0n) is 15.3. The van der Waals surface area contributed by atoms with Gasteiger partial charge in [0.15, 0.2) is 0 Å². The third kappa shape index (κ3) is 3.66. The number of hydrogen-bond acceptors (Lipinski definition) is 4. The normalized spacial score (nSPS) is 31.6. The fourth-order valence-electron chi connectivity index (χ4n) is 5.48. The molecule has 2 aromatic rings. The summed E-state index contributed by atoms with van der Waals surface area (Å²) in [5.74, 6) is 3.62. The van der Waals surface area contributed by atoms with Crippen LogP contribution in [0.1, 0.15) is 32.1 Å². The van der Waals surface area contributed by atoms with Gasteiger partial charge in [-0.15, -0.1) is 0 Å². The minimum Gasteiger partial charge on any atom is -0.395 e. The molecule has 0 saturated heterocycles. The molecular formula is C22H25O4P. The zero-order valence-corrected chi connectivity index (χ0v) is 16.2. The summed E-state index contributed by atoms with van der Waals surface area (Å²) < 4.78 is 31.6. The van der Waals surface area contributed by atoms with Crippen LogP contribution in [0.4, 0.5) is 0 Å². The van der Waals surface area contributed by atoms with Gasteiger partial charge in [0.25, 0.3) is 0 Å². The minimum atomic E-state index is -3.79. The summed E-state index contributed by atoms with van der Waals surface area (Å²) >= 11 is 0. The Hall–Kier alpha value is -1.77. The van der Waals surface area contributed by atoms with Crippen LogP contribution in [0.3, 0.4) is 0 Å². The molecule has 0 aromatic heterocycles. The molecule has 142 valence electrons. The lowest BCUT2D eigenvalue weighted by Gasteiger charge is -2.53. The first-order chi connectivity index (χ1) is 13.2. The predicted molar refractivity (Wildman–Crippen MR) is 104 cm³/mol. The lowest BCUT2D eigenvalue weighted by Crippen LogP contribution is -2.49. The van der Waals surface area contributed by atoms with Crippen LogP contribution in [-0.2, 0) is 9.09 Å². The van der Waals surface area contributed by atoms with E-state index >= 15 is 0 Å². The van der Waals surface area contributed by atoms with Crippen molar-refractivity contribution in [1.82, 2.24) is 0 Å².